The first kappa shape index (κ1) is 16.1. The Hall–Kier alpha value is -2.77. The van der Waals surface area contributed by atoms with Crippen molar-refractivity contribution in [3.8, 4) is 17.4 Å². The lowest BCUT2D eigenvalue weighted by atomic mass is 9.95. The molecule has 0 saturated heterocycles. The van der Waals surface area contributed by atoms with Gasteiger partial charge in [0.05, 0.1) is 19.6 Å². The van der Waals surface area contributed by atoms with Crippen molar-refractivity contribution in [1.29, 1.82) is 0 Å². The largest absolute Gasteiger partial charge is 0.493 e. The summed E-state index contributed by atoms with van der Waals surface area (Å²) >= 11 is 0. The van der Waals surface area contributed by atoms with Gasteiger partial charge in [-0.1, -0.05) is 17.3 Å². The summed E-state index contributed by atoms with van der Waals surface area (Å²) < 4.78 is 20.9. The van der Waals surface area contributed by atoms with Crippen LogP contribution < -0.4 is 19.5 Å². The second kappa shape index (κ2) is 7.20. The fourth-order valence-electron chi connectivity index (χ4n) is 2.54. The summed E-state index contributed by atoms with van der Waals surface area (Å²) in [5.74, 6) is 1.45. The first-order valence-corrected chi connectivity index (χ1v) is 7.67. The zero-order chi connectivity index (χ0) is 16.9. The summed E-state index contributed by atoms with van der Waals surface area (Å²) in [4.78, 5) is 12.3. The minimum Gasteiger partial charge on any atom is -0.493 e. The lowest BCUT2D eigenvalue weighted by molar-refractivity contribution is -0.126. The smallest absolute Gasteiger partial charge is 0.278 e. The van der Waals surface area contributed by atoms with Gasteiger partial charge in [-0.2, -0.15) is 0 Å². The molecule has 128 valence electrons. The molecule has 0 spiro atoms. The molecule has 1 aromatic heterocycles. The van der Waals surface area contributed by atoms with Gasteiger partial charge in [-0.25, -0.2) is 4.63 Å². The molecule has 0 radical (unpaired) electrons. The van der Waals surface area contributed by atoms with E-state index < -0.39 is 0 Å². The van der Waals surface area contributed by atoms with Crippen LogP contribution in [0.25, 0.3) is 0 Å². The molecule has 1 aromatic carbocycles. The summed E-state index contributed by atoms with van der Waals surface area (Å²) in [5.41, 5.74) is 1.55. The highest BCUT2D eigenvalue weighted by Crippen LogP contribution is 2.35. The number of aryl methyl sites for hydroxylation is 1. The Bertz CT molecular complexity index is 715. The number of fused-ring (bicyclic) bond motifs is 1. The normalized spacial score (nSPS) is 16.0. The maximum Gasteiger partial charge on any atom is 0.278 e. The standard InChI is InChI=1S/C16H19N3O5/c1-10-16(19-24-18-10)22-7-6-17-15(20)12-8-11-4-3-5-13(21-2)14(11)23-9-12/h3-5,12H,6-9H2,1-2H3,(H,17,20)/t12-/m1/s1. The van der Waals surface area contributed by atoms with Crippen LogP contribution in [0.5, 0.6) is 17.4 Å². The molecule has 1 atom stereocenters. The molecular weight excluding hydrogens is 314 g/mol. The Morgan fingerprint density at radius 3 is 3.04 bits per heavy atom. The van der Waals surface area contributed by atoms with Gasteiger partial charge in [0.1, 0.15) is 18.9 Å². The number of hydrogen-bond donors (Lipinski definition) is 1. The Morgan fingerprint density at radius 2 is 2.29 bits per heavy atom. The van der Waals surface area contributed by atoms with Gasteiger partial charge in [-0.15, -0.1) is 0 Å². The van der Waals surface area contributed by atoms with E-state index in [0.717, 1.165) is 11.3 Å². The Morgan fingerprint density at radius 1 is 1.42 bits per heavy atom. The van der Waals surface area contributed by atoms with Gasteiger partial charge >= 0.3 is 0 Å². The summed E-state index contributed by atoms with van der Waals surface area (Å²) in [6.45, 7) is 2.72. The van der Waals surface area contributed by atoms with Crippen molar-refractivity contribution in [1.82, 2.24) is 15.6 Å². The van der Waals surface area contributed by atoms with Gasteiger partial charge in [0.2, 0.25) is 5.91 Å². The third-order valence-corrected chi connectivity index (χ3v) is 3.80. The number of nitrogens with one attached hydrogen (secondary N) is 1. The lowest BCUT2D eigenvalue weighted by Crippen LogP contribution is -2.39. The predicted molar refractivity (Wildman–Crippen MR) is 83.2 cm³/mol. The van der Waals surface area contributed by atoms with Crippen molar-refractivity contribution >= 4 is 5.91 Å². The van der Waals surface area contributed by atoms with E-state index in [-0.39, 0.29) is 11.8 Å². The molecule has 0 saturated carbocycles. The number of nitrogens with zero attached hydrogens (tertiary/aromatic N) is 2. The minimum absolute atomic E-state index is 0.0675. The van der Waals surface area contributed by atoms with E-state index in [2.05, 4.69) is 20.3 Å². The molecule has 8 nitrogen and oxygen atoms in total. The van der Waals surface area contributed by atoms with Crippen LogP contribution in [-0.4, -0.2) is 43.1 Å². The second-order valence-electron chi connectivity index (χ2n) is 5.45. The minimum atomic E-state index is -0.236. The van der Waals surface area contributed by atoms with Crippen LogP contribution in [0.15, 0.2) is 22.8 Å². The van der Waals surface area contributed by atoms with Gasteiger partial charge in [-0.3, -0.25) is 4.79 Å². The molecule has 1 aliphatic rings. The molecule has 0 unspecified atom stereocenters. The van der Waals surface area contributed by atoms with Gasteiger partial charge in [0.25, 0.3) is 5.88 Å². The van der Waals surface area contributed by atoms with Crippen LogP contribution >= 0.6 is 0 Å². The lowest BCUT2D eigenvalue weighted by Gasteiger charge is -2.25. The maximum absolute atomic E-state index is 12.3. The number of benzene rings is 1. The highest BCUT2D eigenvalue weighted by Gasteiger charge is 2.27. The van der Waals surface area contributed by atoms with Crippen molar-refractivity contribution in [3.05, 3.63) is 29.5 Å². The van der Waals surface area contributed by atoms with E-state index >= 15 is 0 Å². The number of methoxy groups -OCH3 is 1. The molecule has 1 amide bonds. The highest BCUT2D eigenvalue weighted by molar-refractivity contribution is 5.79. The molecule has 2 heterocycles. The van der Waals surface area contributed by atoms with Crippen molar-refractivity contribution in [2.24, 2.45) is 5.92 Å². The Kier molecular flexibility index (Phi) is 4.83. The first-order chi connectivity index (χ1) is 11.7. The van der Waals surface area contributed by atoms with Gasteiger partial charge < -0.3 is 19.5 Å². The SMILES string of the molecule is COc1cccc2c1OC[C@H](C(=O)NCCOc1nonc1C)C2. The number of carbonyl (C=O) groups excluding carboxylic acids is 1. The zero-order valence-corrected chi connectivity index (χ0v) is 13.6. The van der Waals surface area contributed by atoms with Crippen molar-refractivity contribution in [2.75, 3.05) is 26.9 Å². The number of carbonyl (C=O) groups is 1. The molecule has 0 bridgehead atoms. The fourth-order valence-corrected chi connectivity index (χ4v) is 2.54. The van der Waals surface area contributed by atoms with Crippen LogP contribution in [0.4, 0.5) is 0 Å². The number of para-hydroxylation sites is 1. The number of amides is 1. The topological polar surface area (TPSA) is 95.7 Å². The predicted octanol–water partition coefficient (Wildman–Crippen LogP) is 1.13. The Labute approximate surface area is 139 Å². The summed E-state index contributed by atoms with van der Waals surface area (Å²) in [5, 5.41) is 10.1. The number of hydrogen-bond acceptors (Lipinski definition) is 7. The summed E-state index contributed by atoms with van der Waals surface area (Å²) in [6.07, 6.45) is 0.617. The highest BCUT2D eigenvalue weighted by atomic mass is 16.6. The van der Waals surface area contributed by atoms with Crippen molar-refractivity contribution < 1.29 is 23.6 Å². The number of rotatable bonds is 6. The monoisotopic (exact) mass is 333 g/mol. The van der Waals surface area contributed by atoms with Crippen molar-refractivity contribution in [2.45, 2.75) is 13.3 Å². The molecule has 8 heteroatoms. The van der Waals surface area contributed by atoms with Gasteiger partial charge in [-0.05, 0) is 30.1 Å². The first-order valence-electron chi connectivity index (χ1n) is 7.67. The van der Waals surface area contributed by atoms with Crippen LogP contribution in [0, 0.1) is 12.8 Å². The van der Waals surface area contributed by atoms with Crippen LogP contribution in [0.3, 0.4) is 0 Å². The van der Waals surface area contributed by atoms with Crippen LogP contribution in [0.1, 0.15) is 11.3 Å². The molecular formula is C16H19N3O5. The number of aromatic nitrogens is 2. The van der Waals surface area contributed by atoms with E-state index in [4.69, 9.17) is 14.2 Å². The van der Waals surface area contributed by atoms with E-state index in [1.165, 1.54) is 0 Å². The molecule has 2 aromatic rings. The molecule has 24 heavy (non-hydrogen) atoms. The van der Waals surface area contributed by atoms with Crippen molar-refractivity contribution in [3.63, 3.8) is 0 Å². The average molecular weight is 333 g/mol. The van der Waals surface area contributed by atoms with E-state index in [0.29, 0.717) is 43.5 Å². The van der Waals surface area contributed by atoms with E-state index in [9.17, 15) is 4.79 Å². The number of ether oxygens (including phenoxy) is 3. The zero-order valence-electron chi connectivity index (χ0n) is 13.6. The average Bonchev–Trinajstić information content (AvgIpc) is 3.02. The molecule has 1 aliphatic heterocycles. The third-order valence-electron chi connectivity index (χ3n) is 3.80. The van der Waals surface area contributed by atoms with Gasteiger partial charge in [0, 0.05) is 0 Å². The fraction of sp³-hybridized carbons (Fsp3) is 0.438. The molecule has 3 rings (SSSR count). The van der Waals surface area contributed by atoms with E-state index in [1.54, 1.807) is 14.0 Å². The quantitative estimate of drug-likeness (QED) is 0.792. The van der Waals surface area contributed by atoms with E-state index in [1.807, 2.05) is 18.2 Å². The molecule has 0 aliphatic carbocycles. The summed E-state index contributed by atoms with van der Waals surface area (Å²) in [7, 11) is 1.60. The Balaban J connectivity index is 1.48. The third kappa shape index (κ3) is 3.42. The van der Waals surface area contributed by atoms with Gasteiger partial charge in [0.15, 0.2) is 11.5 Å². The summed E-state index contributed by atoms with van der Waals surface area (Å²) in [6, 6.07) is 5.68. The maximum atomic E-state index is 12.3. The molecule has 1 N–H and O–H groups in total. The van der Waals surface area contributed by atoms with Crippen LogP contribution in [0.2, 0.25) is 0 Å². The second-order valence-corrected chi connectivity index (χ2v) is 5.45. The van der Waals surface area contributed by atoms with Crippen LogP contribution in [-0.2, 0) is 11.2 Å². The molecule has 0 fully saturated rings.